The first kappa shape index (κ1) is 23.0. The van der Waals surface area contributed by atoms with Crippen LogP contribution in [0.2, 0.25) is 0 Å². The van der Waals surface area contributed by atoms with Crippen LogP contribution >= 0.6 is 11.8 Å². The molecule has 0 fully saturated rings. The molecule has 0 saturated carbocycles. The molecule has 0 aliphatic heterocycles. The number of aliphatic carboxylic acids is 2. The number of allylic oxidation sites excluding steroid dienone is 4. The molecule has 2 atom stereocenters. The number of rotatable bonds is 11. The number of carboxylic acid groups (broad SMARTS) is 2. The molecule has 0 bridgehead atoms. The SMILES string of the molecule is N[C@@H](CCC(=O)N[C@H](CSC1=CC(=O)C=CC1=O)C(=O)NCC(=O)O)C(=O)O. The predicted molar refractivity (Wildman–Crippen MR) is 97.1 cm³/mol. The number of thioether (sulfide) groups is 1. The van der Waals surface area contributed by atoms with Gasteiger partial charge in [0, 0.05) is 18.2 Å². The van der Waals surface area contributed by atoms with Crippen LogP contribution in [-0.4, -0.2) is 69.9 Å². The second kappa shape index (κ2) is 11.0. The van der Waals surface area contributed by atoms with E-state index >= 15 is 0 Å². The Morgan fingerprint density at radius 3 is 2.43 bits per heavy atom. The van der Waals surface area contributed by atoms with Crippen molar-refractivity contribution in [2.75, 3.05) is 12.3 Å². The summed E-state index contributed by atoms with van der Waals surface area (Å²) in [6.45, 7) is -0.678. The highest BCUT2D eigenvalue weighted by Gasteiger charge is 2.24. The summed E-state index contributed by atoms with van der Waals surface area (Å²) < 4.78 is 0. The number of ketones is 2. The van der Waals surface area contributed by atoms with E-state index in [1.807, 2.05) is 0 Å². The molecule has 1 aliphatic carbocycles. The van der Waals surface area contributed by atoms with Crippen molar-refractivity contribution in [3.8, 4) is 0 Å². The Balaban J connectivity index is 2.72. The molecule has 0 heterocycles. The molecule has 0 saturated heterocycles. The summed E-state index contributed by atoms with van der Waals surface area (Å²) in [6.07, 6.45) is 2.82. The van der Waals surface area contributed by atoms with Crippen LogP contribution in [0.25, 0.3) is 0 Å². The quantitative estimate of drug-likeness (QED) is 0.241. The Bertz CT molecular complexity index is 746. The third kappa shape index (κ3) is 8.14. The van der Waals surface area contributed by atoms with Gasteiger partial charge in [-0.25, -0.2) is 0 Å². The zero-order valence-corrected chi connectivity index (χ0v) is 15.4. The minimum atomic E-state index is -1.29. The normalized spacial score (nSPS) is 15.4. The van der Waals surface area contributed by atoms with Crippen LogP contribution in [0.15, 0.2) is 23.1 Å². The minimum Gasteiger partial charge on any atom is -0.480 e. The first-order valence-electron chi connectivity index (χ1n) is 7.98. The highest BCUT2D eigenvalue weighted by atomic mass is 32.2. The average molecular weight is 413 g/mol. The van der Waals surface area contributed by atoms with Crippen LogP contribution in [0.1, 0.15) is 12.8 Å². The van der Waals surface area contributed by atoms with Gasteiger partial charge in [-0.3, -0.25) is 28.8 Å². The number of carbonyl (C=O) groups excluding carboxylic acids is 4. The Kier molecular flexibility index (Phi) is 9.05. The number of carboxylic acids is 2. The minimum absolute atomic E-state index is 0.0747. The van der Waals surface area contributed by atoms with Crippen LogP contribution in [0.3, 0.4) is 0 Å². The molecule has 28 heavy (non-hydrogen) atoms. The van der Waals surface area contributed by atoms with Crippen LogP contribution in [-0.2, 0) is 28.8 Å². The molecule has 1 aliphatic rings. The number of nitrogens with one attached hydrogen (secondary N) is 2. The highest BCUT2D eigenvalue weighted by molar-refractivity contribution is 8.04. The fraction of sp³-hybridized carbons (Fsp3) is 0.375. The van der Waals surface area contributed by atoms with Crippen LogP contribution in [0, 0.1) is 0 Å². The number of carbonyl (C=O) groups is 6. The van der Waals surface area contributed by atoms with E-state index in [1.165, 1.54) is 0 Å². The lowest BCUT2D eigenvalue weighted by Crippen LogP contribution is -2.49. The molecule has 0 aromatic heterocycles. The molecular formula is C16H19N3O8S. The Morgan fingerprint density at radius 1 is 1.14 bits per heavy atom. The molecule has 6 N–H and O–H groups in total. The number of amides is 2. The van der Waals surface area contributed by atoms with Gasteiger partial charge >= 0.3 is 11.9 Å². The molecule has 0 aromatic rings. The first-order chi connectivity index (χ1) is 13.1. The molecule has 0 spiro atoms. The van der Waals surface area contributed by atoms with Gasteiger partial charge in [-0.15, -0.1) is 11.8 Å². The Hall–Kier alpha value is -2.99. The molecule has 1 rings (SSSR count). The molecule has 11 nitrogen and oxygen atoms in total. The van der Waals surface area contributed by atoms with Gasteiger partial charge in [0.15, 0.2) is 11.6 Å². The van der Waals surface area contributed by atoms with Crippen molar-refractivity contribution in [2.24, 2.45) is 5.73 Å². The summed E-state index contributed by atoms with van der Waals surface area (Å²) in [4.78, 5) is 68.6. The van der Waals surface area contributed by atoms with Crippen molar-refractivity contribution >= 4 is 47.1 Å². The third-order valence-electron chi connectivity index (χ3n) is 3.39. The summed E-state index contributed by atoms with van der Waals surface area (Å²) in [6, 6.07) is -2.46. The summed E-state index contributed by atoms with van der Waals surface area (Å²) in [5.41, 5.74) is 5.31. The number of hydrogen-bond donors (Lipinski definition) is 5. The summed E-state index contributed by atoms with van der Waals surface area (Å²) in [5, 5.41) is 21.8. The smallest absolute Gasteiger partial charge is 0.322 e. The van der Waals surface area contributed by atoms with E-state index in [0.717, 1.165) is 30.0 Å². The van der Waals surface area contributed by atoms with E-state index in [4.69, 9.17) is 15.9 Å². The highest BCUT2D eigenvalue weighted by Crippen LogP contribution is 2.21. The summed E-state index contributed by atoms with van der Waals surface area (Å²) >= 11 is 0.849. The monoisotopic (exact) mass is 413 g/mol. The zero-order chi connectivity index (χ0) is 21.3. The second-order valence-electron chi connectivity index (χ2n) is 5.63. The van der Waals surface area contributed by atoms with Crippen molar-refractivity contribution < 1.29 is 39.0 Å². The van der Waals surface area contributed by atoms with Crippen LogP contribution in [0.4, 0.5) is 0 Å². The van der Waals surface area contributed by atoms with Gasteiger partial charge in [-0.2, -0.15) is 0 Å². The van der Waals surface area contributed by atoms with Crippen LogP contribution < -0.4 is 16.4 Å². The van der Waals surface area contributed by atoms with Gasteiger partial charge in [0.05, 0.1) is 4.91 Å². The van der Waals surface area contributed by atoms with Crippen molar-refractivity contribution in [1.82, 2.24) is 10.6 Å². The maximum absolute atomic E-state index is 12.1. The number of nitrogens with two attached hydrogens (primary N) is 1. The van der Waals surface area contributed by atoms with Gasteiger partial charge in [-0.05, 0) is 18.6 Å². The molecule has 12 heteroatoms. The Labute approximate surface area is 163 Å². The van der Waals surface area contributed by atoms with Gasteiger partial charge in [0.1, 0.15) is 18.6 Å². The fourth-order valence-corrected chi connectivity index (χ4v) is 2.91. The predicted octanol–water partition coefficient (Wildman–Crippen LogP) is -1.81. The standard InChI is InChI=1S/C16H19N3O8S/c17-9(16(26)27)2-4-13(22)19-10(15(25)18-6-14(23)24)7-28-12-5-8(20)1-3-11(12)21/h1,3,5,9-10H,2,4,6-7,17H2,(H,18,25)(H,19,22)(H,23,24)(H,26,27)/t9-,10+/m0/s1. The van der Waals surface area contributed by atoms with Gasteiger partial charge < -0.3 is 26.6 Å². The lowest BCUT2D eigenvalue weighted by molar-refractivity contribution is -0.139. The fourth-order valence-electron chi connectivity index (χ4n) is 1.92. The van der Waals surface area contributed by atoms with E-state index in [0.29, 0.717) is 0 Å². The van der Waals surface area contributed by atoms with E-state index in [-0.39, 0.29) is 23.5 Å². The summed E-state index contributed by atoms with van der Waals surface area (Å²) in [5.74, 6) is -5.04. The van der Waals surface area contributed by atoms with E-state index in [2.05, 4.69) is 10.6 Å². The van der Waals surface area contributed by atoms with Crippen molar-refractivity contribution in [3.63, 3.8) is 0 Å². The Morgan fingerprint density at radius 2 is 1.82 bits per heavy atom. The van der Waals surface area contributed by atoms with Crippen molar-refractivity contribution in [3.05, 3.63) is 23.1 Å². The lowest BCUT2D eigenvalue weighted by atomic mass is 10.1. The topological polar surface area (TPSA) is 193 Å². The number of hydrogen-bond acceptors (Lipinski definition) is 8. The maximum Gasteiger partial charge on any atom is 0.322 e. The van der Waals surface area contributed by atoms with Gasteiger partial charge in [-0.1, -0.05) is 0 Å². The molecular weight excluding hydrogens is 394 g/mol. The van der Waals surface area contributed by atoms with E-state index in [9.17, 15) is 28.8 Å². The molecule has 0 aromatic carbocycles. The van der Waals surface area contributed by atoms with Crippen LogP contribution in [0.5, 0.6) is 0 Å². The lowest BCUT2D eigenvalue weighted by Gasteiger charge is -2.18. The largest absolute Gasteiger partial charge is 0.480 e. The van der Waals surface area contributed by atoms with Gasteiger partial charge in [0.25, 0.3) is 0 Å². The second-order valence-corrected chi connectivity index (χ2v) is 6.70. The van der Waals surface area contributed by atoms with E-state index in [1.54, 1.807) is 0 Å². The molecule has 0 radical (unpaired) electrons. The van der Waals surface area contributed by atoms with Crippen molar-refractivity contribution in [2.45, 2.75) is 24.9 Å². The third-order valence-corrected chi connectivity index (χ3v) is 4.52. The molecule has 0 unspecified atom stereocenters. The van der Waals surface area contributed by atoms with Crippen molar-refractivity contribution in [1.29, 1.82) is 0 Å². The molecule has 2 amide bonds. The molecule has 152 valence electrons. The van der Waals surface area contributed by atoms with E-state index < -0.39 is 53.9 Å². The maximum atomic E-state index is 12.1. The zero-order valence-electron chi connectivity index (χ0n) is 14.5. The summed E-state index contributed by atoms with van der Waals surface area (Å²) in [7, 11) is 0. The average Bonchev–Trinajstić information content (AvgIpc) is 2.63. The first-order valence-corrected chi connectivity index (χ1v) is 8.96. The van der Waals surface area contributed by atoms with Gasteiger partial charge in [0.2, 0.25) is 11.8 Å².